The zero-order valence-electron chi connectivity index (χ0n) is 6.52. The molecule has 0 saturated heterocycles. The first-order valence-corrected chi connectivity index (χ1v) is 3.43. The van der Waals surface area contributed by atoms with E-state index in [4.69, 9.17) is 5.73 Å². The first-order valence-electron chi connectivity index (χ1n) is 3.43. The van der Waals surface area contributed by atoms with Crippen LogP contribution in [0.2, 0.25) is 0 Å². The van der Waals surface area contributed by atoms with Crippen LogP contribution in [-0.4, -0.2) is 0 Å². The minimum atomic E-state index is -4.30. The summed E-state index contributed by atoms with van der Waals surface area (Å²) >= 11 is 0. The van der Waals surface area contributed by atoms with Crippen molar-refractivity contribution >= 4 is 0 Å². The van der Waals surface area contributed by atoms with Gasteiger partial charge in [0.25, 0.3) is 0 Å². The van der Waals surface area contributed by atoms with Gasteiger partial charge in [0.1, 0.15) is 0 Å². The molecule has 0 atom stereocenters. The Morgan fingerprint density at radius 2 is 1.62 bits per heavy atom. The van der Waals surface area contributed by atoms with Crippen molar-refractivity contribution in [1.82, 2.24) is 0 Å². The maximum absolute atomic E-state index is 12.0. The minimum Gasteiger partial charge on any atom is -0.359 e. The van der Waals surface area contributed by atoms with E-state index in [2.05, 4.69) is 12.0 Å². The molecule has 0 fully saturated rings. The van der Waals surface area contributed by atoms with Gasteiger partial charge >= 0.3 is 6.18 Å². The normalized spacial score (nSPS) is 10.4. The topological polar surface area (TPSA) is 26.0 Å². The molecular formula is C9H6F3N. The Balaban J connectivity index is 2.98. The van der Waals surface area contributed by atoms with Crippen LogP contribution in [0.15, 0.2) is 24.3 Å². The quantitative estimate of drug-likeness (QED) is 0.485. The van der Waals surface area contributed by atoms with E-state index in [1.807, 2.05) is 0 Å². The summed E-state index contributed by atoms with van der Waals surface area (Å²) in [6.07, 6.45) is -4.30. The molecule has 1 aromatic rings. The van der Waals surface area contributed by atoms with Gasteiger partial charge < -0.3 is 5.73 Å². The lowest BCUT2D eigenvalue weighted by molar-refractivity contribution is -0.137. The molecule has 0 spiro atoms. The van der Waals surface area contributed by atoms with Crippen molar-refractivity contribution in [2.24, 2.45) is 5.73 Å². The minimum absolute atomic E-state index is 0.468. The number of nitrogens with two attached hydrogens (primary N) is 1. The van der Waals surface area contributed by atoms with Gasteiger partial charge in [-0.1, -0.05) is 0 Å². The number of hydrogen-bond acceptors (Lipinski definition) is 1. The van der Waals surface area contributed by atoms with Crippen LogP contribution in [0.25, 0.3) is 0 Å². The number of halogens is 3. The summed E-state index contributed by atoms with van der Waals surface area (Å²) in [6, 6.07) is 6.62. The Hall–Kier alpha value is -1.63. The summed E-state index contributed by atoms with van der Waals surface area (Å²) in [5.41, 5.74) is 4.68. The lowest BCUT2D eigenvalue weighted by Crippen LogP contribution is -2.04. The first kappa shape index (κ1) is 9.46. The van der Waals surface area contributed by atoms with Gasteiger partial charge in [-0.3, -0.25) is 0 Å². The summed E-state index contributed by atoms with van der Waals surface area (Å²) in [5, 5.41) is 0. The molecule has 13 heavy (non-hydrogen) atoms. The Morgan fingerprint density at radius 1 is 1.08 bits per heavy atom. The number of hydrogen-bond donors (Lipinski definition) is 1. The van der Waals surface area contributed by atoms with Crippen LogP contribution in [0.1, 0.15) is 11.1 Å². The van der Waals surface area contributed by atoms with Crippen LogP contribution in [0.5, 0.6) is 0 Å². The maximum atomic E-state index is 12.0. The van der Waals surface area contributed by atoms with Gasteiger partial charge in [0, 0.05) is 11.6 Å². The van der Waals surface area contributed by atoms with E-state index in [-0.39, 0.29) is 0 Å². The fraction of sp³-hybridized carbons (Fsp3) is 0.111. The van der Waals surface area contributed by atoms with Gasteiger partial charge in [-0.2, -0.15) is 13.2 Å². The molecule has 1 nitrogen and oxygen atoms in total. The van der Waals surface area contributed by atoms with Crippen LogP contribution in [0, 0.1) is 12.0 Å². The average molecular weight is 185 g/mol. The van der Waals surface area contributed by atoms with E-state index in [0.29, 0.717) is 5.56 Å². The fourth-order valence-corrected chi connectivity index (χ4v) is 0.826. The van der Waals surface area contributed by atoms with E-state index in [9.17, 15) is 13.2 Å². The van der Waals surface area contributed by atoms with Crippen LogP contribution in [0.4, 0.5) is 13.2 Å². The molecule has 2 N–H and O–H groups in total. The van der Waals surface area contributed by atoms with E-state index in [1.165, 1.54) is 12.1 Å². The number of rotatable bonds is 0. The highest BCUT2D eigenvalue weighted by Gasteiger charge is 2.29. The smallest absolute Gasteiger partial charge is 0.359 e. The van der Waals surface area contributed by atoms with Crippen molar-refractivity contribution in [2.75, 3.05) is 0 Å². The molecule has 0 aromatic heterocycles. The van der Waals surface area contributed by atoms with Gasteiger partial charge in [-0.05, 0) is 30.2 Å². The lowest BCUT2D eigenvalue weighted by Gasteiger charge is -2.05. The highest BCUT2D eigenvalue weighted by Crippen LogP contribution is 2.28. The molecule has 0 aliphatic carbocycles. The Kier molecular flexibility index (Phi) is 2.47. The Morgan fingerprint density at radius 3 is 2.00 bits per heavy atom. The van der Waals surface area contributed by atoms with Crippen molar-refractivity contribution in [3.8, 4) is 12.0 Å². The summed E-state index contributed by atoms with van der Waals surface area (Å²) in [4.78, 5) is 0. The lowest BCUT2D eigenvalue weighted by atomic mass is 10.1. The van der Waals surface area contributed by atoms with E-state index in [1.54, 1.807) is 0 Å². The van der Waals surface area contributed by atoms with E-state index in [0.717, 1.165) is 12.1 Å². The summed E-state index contributed by atoms with van der Waals surface area (Å²) in [7, 11) is 0. The van der Waals surface area contributed by atoms with Crippen molar-refractivity contribution in [3.63, 3.8) is 0 Å². The molecule has 0 saturated carbocycles. The van der Waals surface area contributed by atoms with Crippen LogP contribution < -0.4 is 5.73 Å². The van der Waals surface area contributed by atoms with Gasteiger partial charge in [-0.15, -0.1) is 0 Å². The molecule has 0 amide bonds. The van der Waals surface area contributed by atoms with Crippen LogP contribution >= 0.6 is 0 Å². The zero-order chi connectivity index (χ0) is 9.90. The predicted octanol–water partition coefficient (Wildman–Crippen LogP) is 1.97. The standard InChI is InChI=1S/C9H6F3N/c10-9(11,12)8-3-1-7(2-4-8)5-6-13/h1-4H,13H2. The van der Waals surface area contributed by atoms with E-state index >= 15 is 0 Å². The molecule has 68 valence electrons. The Labute approximate surface area is 73.4 Å². The highest BCUT2D eigenvalue weighted by atomic mass is 19.4. The molecule has 0 aliphatic heterocycles. The van der Waals surface area contributed by atoms with Crippen LogP contribution in [0.3, 0.4) is 0 Å². The monoisotopic (exact) mass is 185 g/mol. The summed E-state index contributed by atoms with van der Waals surface area (Å²) in [5.74, 6) is 2.45. The third-order valence-corrected chi connectivity index (χ3v) is 1.43. The number of alkyl halides is 3. The summed E-state index contributed by atoms with van der Waals surface area (Å²) < 4.78 is 36.1. The van der Waals surface area contributed by atoms with Crippen molar-refractivity contribution in [1.29, 1.82) is 0 Å². The predicted molar refractivity (Wildman–Crippen MR) is 42.5 cm³/mol. The van der Waals surface area contributed by atoms with Crippen molar-refractivity contribution < 1.29 is 13.2 Å². The molecule has 0 bridgehead atoms. The summed E-state index contributed by atoms with van der Waals surface area (Å²) in [6.45, 7) is 0. The van der Waals surface area contributed by atoms with E-state index < -0.39 is 11.7 Å². The van der Waals surface area contributed by atoms with Gasteiger partial charge in [0.05, 0.1) is 5.56 Å². The second-order valence-electron chi connectivity index (χ2n) is 2.34. The molecule has 0 aliphatic rings. The third kappa shape index (κ3) is 2.41. The van der Waals surface area contributed by atoms with Crippen molar-refractivity contribution in [3.05, 3.63) is 35.4 Å². The average Bonchev–Trinajstić information content (AvgIpc) is 2.04. The first-order chi connectivity index (χ1) is 6.04. The zero-order valence-corrected chi connectivity index (χ0v) is 6.52. The van der Waals surface area contributed by atoms with Crippen LogP contribution in [-0.2, 0) is 6.18 Å². The second kappa shape index (κ2) is 3.40. The molecule has 4 heteroatoms. The van der Waals surface area contributed by atoms with Gasteiger partial charge in [0.2, 0.25) is 0 Å². The van der Waals surface area contributed by atoms with Gasteiger partial charge in [-0.25, -0.2) is 0 Å². The molecule has 0 radical (unpaired) electrons. The largest absolute Gasteiger partial charge is 0.416 e. The second-order valence-corrected chi connectivity index (χ2v) is 2.34. The molecule has 0 heterocycles. The molecule has 1 aromatic carbocycles. The molecule has 0 unspecified atom stereocenters. The third-order valence-electron chi connectivity index (χ3n) is 1.43. The fourth-order valence-electron chi connectivity index (χ4n) is 0.826. The number of benzene rings is 1. The molecule has 1 rings (SSSR count). The van der Waals surface area contributed by atoms with Gasteiger partial charge in [0.15, 0.2) is 0 Å². The Bertz CT molecular complexity index is 340. The molecular weight excluding hydrogens is 179 g/mol. The highest BCUT2D eigenvalue weighted by molar-refractivity contribution is 5.36. The SMILES string of the molecule is NC#Cc1ccc(C(F)(F)F)cc1. The maximum Gasteiger partial charge on any atom is 0.416 e. The van der Waals surface area contributed by atoms with Crippen molar-refractivity contribution in [2.45, 2.75) is 6.18 Å².